The maximum absolute atomic E-state index is 12.0. The van der Waals surface area contributed by atoms with Crippen molar-refractivity contribution in [3.8, 4) is 5.75 Å². The number of nitrogen functional groups attached to an aromatic ring is 1. The number of rotatable bonds is 4. The molecule has 36 heavy (non-hydrogen) atoms. The number of hydrogen-bond donors (Lipinski definition) is 2. The number of piperidine rings is 1. The number of aromatic nitrogens is 2. The quantitative estimate of drug-likeness (QED) is 0.385. The molecule has 0 spiro atoms. The SMILES string of the molecule is COc1ccc(C2CCN(C(=O)OC(C)(C)C)CC2)cc1.Nc1ncc(Br)c(Nc2ccccc2)n1. The second-order valence-corrected chi connectivity index (χ2v) is 10.3. The number of para-hydroxylation sites is 1. The summed E-state index contributed by atoms with van der Waals surface area (Å²) in [6, 6.07) is 18.0. The van der Waals surface area contributed by atoms with Crippen LogP contribution in [0.15, 0.2) is 65.3 Å². The number of benzene rings is 2. The van der Waals surface area contributed by atoms with Crippen molar-refractivity contribution in [3.63, 3.8) is 0 Å². The molecule has 0 unspecified atom stereocenters. The fraction of sp³-hybridized carbons (Fsp3) is 0.370. The Morgan fingerprint density at radius 2 is 1.72 bits per heavy atom. The highest BCUT2D eigenvalue weighted by Gasteiger charge is 2.27. The number of halogens is 1. The number of likely N-dealkylation sites (tertiary alicyclic amines) is 1. The van der Waals surface area contributed by atoms with E-state index in [1.165, 1.54) is 5.56 Å². The lowest BCUT2D eigenvalue weighted by atomic mass is 9.89. The van der Waals surface area contributed by atoms with Crippen LogP contribution in [0.5, 0.6) is 5.75 Å². The lowest BCUT2D eigenvalue weighted by Crippen LogP contribution is -2.41. The van der Waals surface area contributed by atoms with Gasteiger partial charge in [0.25, 0.3) is 0 Å². The summed E-state index contributed by atoms with van der Waals surface area (Å²) in [5.41, 5.74) is 7.35. The van der Waals surface area contributed by atoms with Gasteiger partial charge in [0.05, 0.1) is 11.6 Å². The van der Waals surface area contributed by atoms with Crippen molar-refractivity contribution in [2.75, 3.05) is 31.2 Å². The maximum atomic E-state index is 12.0. The molecule has 2 aromatic carbocycles. The highest BCUT2D eigenvalue weighted by Crippen LogP contribution is 2.30. The minimum absolute atomic E-state index is 0.198. The maximum Gasteiger partial charge on any atom is 0.410 e. The first kappa shape index (κ1) is 27.3. The van der Waals surface area contributed by atoms with Crippen LogP contribution in [-0.4, -0.2) is 46.8 Å². The Kier molecular flexibility index (Phi) is 9.52. The van der Waals surface area contributed by atoms with Gasteiger partial charge in [0.2, 0.25) is 5.95 Å². The number of carbonyl (C=O) groups excluding carboxylic acids is 1. The summed E-state index contributed by atoms with van der Waals surface area (Å²) in [5, 5.41) is 3.14. The van der Waals surface area contributed by atoms with Gasteiger partial charge in [-0.25, -0.2) is 9.78 Å². The van der Waals surface area contributed by atoms with Crippen molar-refractivity contribution in [1.29, 1.82) is 0 Å². The minimum atomic E-state index is -0.427. The lowest BCUT2D eigenvalue weighted by molar-refractivity contribution is 0.0205. The smallest absolute Gasteiger partial charge is 0.410 e. The zero-order valence-electron chi connectivity index (χ0n) is 21.2. The third-order valence-corrected chi connectivity index (χ3v) is 6.11. The second-order valence-electron chi connectivity index (χ2n) is 9.43. The number of nitrogens with one attached hydrogen (secondary N) is 1. The van der Waals surface area contributed by atoms with Gasteiger partial charge < -0.3 is 25.4 Å². The van der Waals surface area contributed by atoms with Crippen molar-refractivity contribution in [2.45, 2.75) is 45.1 Å². The summed E-state index contributed by atoms with van der Waals surface area (Å²) >= 11 is 3.34. The first-order valence-electron chi connectivity index (χ1n) is 11.9. The zero-order chi connectivity index (χ0) is 26.1. The molecule has 4 rings (SSSR count). The van der Waals surface area contributed by atoms with Crippen LogP contribution in [-0.2, 0) is 4.74 Å². The monoisotopic (exact) mass is 555 g/mol. The fourth-order valence-electron chi connectivity index (χ4n) is 3.72. The minimum Gasteiger partial charge on any atom is -0.497 e. The van der Waals surface area contributed by atoms with Gasteiger partial charge in [-0.3, -0.25) is 0 Å². The molecule has 0 radical (unpaired) electrons. The van der Waals surface area contributed by atoms with E-state index in [-0.39, 0.29) is 12.0 Å². The predicted molar refractivity (Wildman–Crippen MR) is 147 cm³/mol. The first-order chi connectivity index (χ1) is 17.1. The summed E-state index contributed by atoms with van der Waals surface area (Å²) in [6.45, 7) is 7.20. The number of ether oxygens (including phenoxy) is 2. The molecular weight excluding hydrogens is 522 g/mol. The molecule has 1 amide bonds. The van der Waals surface area contributed by atoms with Crippen molar-refractivity contribution in [3.05, 3.63) is 70.8 Å². The molecule has 9 heteroatoms. The van der Waals surface area contributed by atoms with Crippen LogP contribution < -0.4 is 15.8 Å². The highest BCUT2D eigenvalue weighted by atomic mass is 79.9. The third-order valence-electron chi connectivity index (χ3n) is 5.53. The van der Waals surface area contributed by atoms with E-state index in [1.807, 2.05) is 68.1 Å². The molecule has 1 saturated heterocycles. The lowest BCUT2D eigenvalue weighted by Gasteiger charge is -2.33. The highest BCUT2D eigenvalue weighted by molar-refractivity contribution is 9.10. The van der Waals surface area contributed by atoms with Gasteiger partial charge in [-0.1, -0.05) is 30.3 Å². The Morgan fingerprint density at radius 3 is 2.31 bits per heavy atom. The Balaban J connectivity index is 0.000000212. The Hall–Kier alpha value is -3.33. The van der Waals surface area contributed by atoms with Gasteiger partial charge in [-0.2, -0.15) is 4.98 Å². The predicted octanol–water partition coefficient (Wildman–Crippen LogP) is 6.37. The van der Waals surface area contributed by atoms with Crippen molar-refractivity contribution >= 4 is 39.5 Å². The summed E-state index contributed by atoms with van der Waals surface area (Å²) in [5.74, 6) is 2.30. The van der Waals surface area contributed by atoms with E-state index < -0.39 is 5.60 Å². The standard InChI is InChI=1S/C17H25NO3.C10H9BrN4/c1-17(2,3)21-16(19)18-11-9-14(10-12-18)13-5-7-15(20-4)8-6-13;11-8-6-13-10(12)15-9(8)14-7-4-2-1-3-5-7/h5-8,14H,9-12H2,1-4H3;1-6H,(H3,12,13,14,15). The van der Waals surface area contributed by atoms with Gasteiger partial charge in [-0.15, -0.1) is 0 Å². The largest absolute Gasteiger partial charge is 0.497 e. The first-order valence-corrected chi connectivity index (χ1v) is 12.7. The van der Waals surface area contributed by atoms with Gasteiger partial charge in [-0.05, 0) is 85.3 Å². The molecule has 192 valence electrons. The molecule has 1 aromatic heterocycles. The molecule has 0 aliphatic carbocycles. The van der Waals surface area contributed by atoms with Crippen LogP contribution in [0, 0.1) is 0 Å². The summed E-state index contributed by atoms with van der Waals surface area (Å²) < 4.78 is 11.4. The normalized spacial score (nSPS) is 13.9. The molecule has 0 saturated carbocycles. The third kappa shape index (κ3) is 8.41. The molecule has 1 aliphatic heterocycles. The number of nitrogens with two attached hydrogens (primary N) is 1. The molecule has 0 atom stereocenters. The number of amides is 1. The number of anilines is 3. The molecule has 1 fully saturated rings. The number of methoxy groups -OCH3 is 1. The zero-order valence-corrected chi connectivity index (χ0v) is 22.8. The molecule has 1 aliphatic rings. The van der Waals surface area contributed by atoms with Gasteiger partial charge in [0.15, 0.2) is 0 Å². The average Bonchev–Trinajstić information content (AvgIpc) is 2.86. The summed E-state index contributed by atoms with van der Waals surface area (Å²) in [7, 11) is 1.67. The Bertz CT molecular complexity index is 1110. The van der Waals surface area contributed by atoms with E-state index in [2.05, 4.69) is 43.3 Å². The van der Waals surface area contributed by atoms with Crippen molar-refractivity contribution < 1.29 is 14.3 Å². The Labute approximate surface area is 221 Å². The number of nitrogens with zero attached hydrogens (tertiary/aromatic N) is 3. The van der Waals surface area contributed by atoms with E-state index >= 15 is 0 Å². The molecule has 3 aromatic rings. The van der Waals surface area contributed by atoms with Crippen LogP contribution in [0.1, 0.15) is 45.1 Å². The summed E-state index contributed by atoms with van der Waals surface area (Å²) in [4.78, 5) is 21.8. The topological polar surface area (TPSA) is 103 Å². The molecule has 0 bridgehead atoms. The van der Waals surface area contributed by atoms with Crippen molar-refractivity contribution in [2.24, 2.45) is 0 Å². The fourth-order valence-corrected chi connectivity index (χ4v) is 4.01. The van der Waals surface area contributed by atoms with Crippen LogP contribution in [0.3, 0.4) is 0 Å². The molecular formula is C27H34BrN5O3. The van der Waals surface area contributed by atoms with E-state index in [0.29, 0.717) is 11.7 Å². The van der Waals surface area contributed by atoms with Crippen LogP contribution in [0.25, 0.3) is 0 Å². The number of carbonyl (C=O) groups is 1. The van der Waals surface area contributed by atoms with Crippen LogP contribution >= 0.6 is 15.9 Å². The van der Waals surface area contributed by atoms with E-state index in [4.69, 9.17) is 15.2 Å². The van der Waals surface area contributed by atoms with Crippen molar-refractivity contribution in [1.82, 2.24) is 14.9 Å². The summed E-state index contributed by atoms with van der Waals surface area (Å²) in [6.07, 6.45) is 3.38. The van der Waals surface area contributed by atoms with E-state index in [0.717, 1.165) is 41.8 Å². The van der Waals surface area contributed by atoms with Gasteiger partial charge in [0.1, 0.15) is 17.2 Å². The second kappa shape index (κ2) is 12.6. The van der Waals surface area contributed by atoms with Gasteiger partial charge >= 0.3 is 6.09 Å². The van der Waals surface area contributed by atoms with Crippen LogP contribution in [0.2, 0.25) is 0 Å². The molecule has 8 nitrogen and oxygen atoms in total. The number of hydrogen-bond acceptors (Lipinski definition) is 7. The van der Waals surface area contributed by atoms with E-state index in [9.17, 15) is 4.79 Å². The van der Waals surface area contributed by atoms with Crippen LogP contribution in [0.4, 0.5) is 22.2 Å². The molecule has 3 N–H and O–H groups in total. The average molecular weight is 557 g/mol. The Morgan fingerprint density at radius 1 is 1.08 bits per heavy atom. The molecule has 2 heterocycles. The van der Waals surface area contributed by atoms with Gasteiger partial charge in [0, 0.05) is 25.0 Å². The van der Waals surface area contributed by atoms with E-state index in [1.54, 1.807) is 13.3 Å².